The monoisotopic (exact) mass is 490 g/mol. The first-order chi connectivity index (χ1) is 12.7. The summed E-state index contributed by atoms with van der Waals surface area (Å²) in [7, 11) is 0. The van der Waals surface area contributed by atoms with Crippen LogP contribution in [0.1, 0.15) is 19.4 Å². The summed E-state index contributed by atoms with van der Waals surface area (Å²) in [5.41, 5.74) is 1.24. The molecule has 0 saturated carbocycles. The molecule has 1 aliphatic rings. The number of aliphatic imine (C=N–C) groups is 1. The van der Waals surface area contributed by atoms with E-state index >= 15 is 0 Å². The molecule has 1 aromatic carbocycles. The second-order valence-electron chi connectivity index (χ2n) is 6.83. The number of aryl methyl sites for hydroxylation is 1. The second kappa shape index (κ2) is 14.0. The van der Waals surface area contributed by atoms with E-state index in [1.807, 2.05) is 12.1 Å². The van der Waals surface area contributed by atoms with Crippen LogP contribution in [0.3, 0.4) is 0 Å². The van der Waals surface area contributed by atoms with E-state index in [0.29, 0.717) is 12.5 Å². The van der Waals surface area contributed by atoms with Gasteiger partial charge in [0.1, 0.15) is 12.4 Å². The Morgan fingerprint density at radius 1 is 1.22 bits per heavy atom. The minimum atomic E-state index is 0. The molecule has 0 bridgehead atoms. The highest BCUT2D eigenvalue weighted by Gasteiger charge is 2.13. The third kappa shape index (κ3) is 10.2. The van der Waals surface area contributed by atoms with Crippen molar-refractivity contribution in [3.05, 3.63) is 29.8 Å². The molecule has 0 amide bonds. The zero-order valence-corrected chi connectivity index (χ0v) is 19.2. The van der Waals surface area contributed by atoms with Gasteiger partial charge in [0.2, 0.25) is 0 Å². The molecule has 0 radical (unpaired) electrons. The molecule has 1 aromatic rings. The fraction of sp³-hybridized carbons (Fsp3) is 0.650. The first-order valence-electron chi connectivity index (χ1n) is 9.69. The van der Waals surface area contributed by atoms with Crippen molar-refractivity contribution in [2.45, 2.75) is 20.8 Å². The van der Waals surface area contributed by atoms with Gasteiger partial charge in [-0.15, -0.1) is 24.0 Å². The largest absolute Gasteiger partial charge is 0.492 e. The van der Waals surface area contributed by atoms with Gasteiger partial charge in [-0.2, -0.15) is 0 Å². The lowest BCUT2D eigenvalue weighted by molar-refractivity contribution is 0.0323. The zero-order valence-electron chi connectivity index (χ0n) is 16.9. The summed E-state index contributed by atoms with van der Waals surface area (Å²) in [6.07, 6.45) is 0. The predicted octanol–water partition coefficient (Wildman–Crippen LogP) is 2.52. The number of ether oxygens (including phenoxy) is 2. The number of nitrogens with zero attached hydrogens (tertiary/aromatic N) is 2. The number of hydrogen-bond acceptors (Lipinski definition) is 4. The maximum Gasteiger partial charge on any atom is 0.191 e. The SMILES string of the molecule is CCNC(=NCC(C)CN1CCOCC1)NCCOc1ccc(C)cc1.I. The lowest BCUT2D eigenvalue weighted by Crippen LogP contribution is -2.41. The molecule has 1 heterocycles. The van der Waals surface area contributed by atoms with Crippen LogP contribution >= 0.6 is 24.0 Å². The van der Waals surface area contributed by atoms with Crippen molar-refractivity contribution < 1.29 is 9.47 Å². The Labute approximate surface area is 181 Å². The molecule has 154 valence electrons. The minimum absolute atomic E-state index is 0. The summed E-state index contributed by atoms with van der Waals surface area (Å²) in [5, 5.41) is 6.64. The maximum atomic E-state index is 5.75. The van der Waals surface area contributed by atoms with Crippen LogP contribution in [0.2, 0.25) is 0 Å². The van der Waals surface area contributed by atoms with E-state index in [9.17, 15) is 0 Å². The van der Waals surface area contributed by atoms with Gasteiger partial charge >= 0.3 is 0 Å². The third-order valence-electron chi connectivity index (χ3n) is 4.26. The highest BCUT2D eigenvalue weighted by molar-refractivity contribution is 14.0. The lowest BCUT2D eigenvalue weighted by Gasteiger charge is -2.28. The summed E-state index contributed by atoms with van der Waals surface area (Å²) in [5.74, 6) is 2.28. The number of hydrogen-bond donors (Lipinski definition) is 2. The molecule has 2 rings (SSSR count). The molecule has 1 aliphatic heterocycles. The van der Waals surface area contributed by atoms with Crippen molar-refractivity contribution in [3.8, 4) is 5.75 Å². The van der Waals surface area contributed by atoms with Crippen LogP contribution in [-0.2, 0) is 4.74 Å². The van der Waals surface area contributed by atoms with Crippen LogP contribution in [-0.4, -0.2) is 69.9 Å². The van der Waals surface area contributed by atoms with Crippen molar-refractivity contribution >= 4 is 29.9 Å². The van der Waals surface area contributed by atoms with Gasteiger partial charge in [-0.05, 0) is 31.9 Å². The molecular weight excluding hydrogens is 455 g/mol. The molecule has 1 saturated heterocycles. The van der Waals surface area contributed by atoms with E-state index in [0.717, 1.165) is 64.2 Å². The van der Waals surface area contributed by atoms with Crippen molar-refractivity contribution in [1.29, 1.82) is 0 Å². The first kappa shape index (κ1) is 24.0. The predicted molar refractivity (Wildman–Crippen MR) is 122 cm³/mol. The molecule has 7 heteroatoms. The highest BCUT2D eigenvalue weighted by Crippen LogP contribution is 2.10. The minimum Gasteiger partial charge on any atom is -0.492 e. The number of rotatable bonds is 9. The Hall–Kier alpha value is -1.06. The van der Waals surface area contributed by atoms with Gasteiger partial charge in [0.15, 0.2) is 5.96 Å². The van der Waals surface area contributed by atoms with Crippen LogP contribution in [0.4, 0.5) is 0 Å². The fourth-order valence-electron chi connectivity index (χ4n) is 2.84. The van der Waals surface area contributed by atoms with Gasteiger partial charge in [0.05, 0.1) is 19.8 Å². The van der Waals surface area contributed by atoms with E-state index in [-0.39, 0.29) is 24.0 Å². The molecule has 0 aromatic heterocycles. The first-order valence-corrected chi connectivity index (χ1v) is 9.69. The number of guanidine groups is 1. The molecule has 27 heavy (non-hydrogen) atoms. The topological polar surface area (TPSA) is 58.1 Å². The van der Waals surface area contributed by atoms with E-state index < -0.39 is 0 Å². The normalized spacial score (nSPS) is 16.3. The Kier molecular flexibility index (Phi) is 12.4. The summed E-state index contributed by atoms with van der Waals surface area (Å²) in [6, 6.07) is 8.12. The van der Waals surface area contributed by atoms with Gasteiger partial charge in [0.25, 0.3) is 0 Å². The zero-order chi connectivity index (χ0) is 18.6. The number of halogens is 1. The molecule has 1 unspecified atom stereocenters. The summed E-state index contributed by atoms with van der Waals surface area (Å²) >= 11 is 0. The van der Waals surface area contributed by atoms with E-state index in [4.69, 9.17) is 14.5 Å². The number of nitrogens with one attached hydrogen (secondary N) is 2. The third-order valence-corrected chi connectivity index (χ3v) is 4.26. The number of benzene rings is 1. The van der Waals surface area contributed by atoms with Crippen LogP contribution in [0, 0.1) is 12.8 Å². The summed E-state index contributed by atoms with van der Waals surface area (Å²) in [4.78, 5) is 7.17. The van der Waals surface area contributed by atoms with E-state index in [1.54, 1.807) is 0 Å². The molecular formula is C20H35IN4O2. The number of morpholine rings is 1. The van der Waals surface area contributed by atoms with Gasteiger partial charge in [-0.25, -0.2) is 0 Å². The van der Waals surface area contributed by atoms with Crippen LogP contribution in [0.25, 0.3) is 0 Å². The molecule has 0 spiro atoms. The Balaban J connectivity index is 0.00000364. The van der Waals surface area contributed by atoms with E-state index in [1.165, 1.54) is 5.56 Å². The molecule has 6 nitrogen and oxygen atoms in total. The molecule has 0 aliphatic carbocycles. The lowest BCUT2D eigenvalue weighted by atomic mass is 10.1. The van der Waals surface area contributed by atoms with Crippen molar-refractivity contribution in [2.24, 2.45) is 10.9 Å². The highest BCUT2D eigenvalue weighted by atomic mass is 127. The van der Waals surface area contributed by atoms with Crippen molar-refractivity contribution in [2.75, 3.05) is 59.1 Å². The molecule has 1 fully saturated rings. The van der Waals surface area contributed by atoms with Gasteiger partial charge < -0.3 is 20.1 Å². The Morgan fingerprint density at radius 3 is 2.59 bits per heavy atom. The summed E-state index contributed by atoms with van der Waals surface area (Å²) in [6.45, 7) is 14.2. The summed E-state index contributed by atoms with van der Waals surface area (Å²) < 4.78 is 11.2. The van der Waals surface area contributed by atoms with Crippen LogP contribution in [0.15, 0.2) is 29.3 Å². The Bertz CT molecular complexity index is 533. The smallest absolute Gasteiger partial charge is 0.191 e. The maximum absolute atomic E-state index is 5.75. The average molecular weight is 490 g/mol. The van der Waals surface area contributed by atoms with Gasteiger partial charge in [-0.3, -0.25) is 9.89 Å². The van der Waals surface area contributed by atoms with Gasteiger partial charge in [-0.1, -0.05) is 24.6 Å². The standard InChI is InChI=1S/C20H34N4O2.HI/c1-4-21-20(22-9-12-26-19-7-5-17(2)6-8-19)23-15-18(3)16-24-10-13-25-14-11-24;/h5-8,18H,4,9-16H2,1-3H3,(H2,21,22,23);1H. The quantitative estimate of drug-likeness (QED) is 0.241. The molecule has 2 N–H and O–H groups in total. The second-order valence-corrected chi connectivity index (χ2v) is 6.83. The van der Waals surface area contributed by atoms with E-state index in [2.05, 4.69) is 48.4 Å². The molecule has 1 atom stereocenters. The van der Waals surface area contributed by atoms with Crippen molar-refractivity contribution in [3.63, 3.8) is 0 Å². The Morgan fingerprint density at radius 2 is 1.93 bits per heavy atom. The van der Waals surface area contributed by atoms with Gasteiger partial charge in [0, 0.05) is 32.7 Å². The van der Waals surface area contributed by atoms with Crippen molar-refractivity contribution in [1.82, 2.24) is 15.5 Å². The van der Waals surface area contributed by atoms with Crippen LogP contribution in [0.5, 0.6) is 5.75 Å². The van der Waals surface area contributed by atoms with Crippen LogP contribution < -0.4 is 15.4 Å². The average Bonchev–Trinajstić information content (AvgIpc) is 2.65. The fourth-order valence-corrected chi connectivity index (χ4v) is 2.84.